The van der Waals surface area contributed by atoms with Crippen molar-refractivity contribution in [2.45, 2.75) is 78.7 Å². The number of hydrogen-bond acceptors (Lipinski definition) is 1. The number of hydrogen-bond donors (Lipinski definition) is 1. The minimum Gasteiger partial charge on any atom is -0.316 e. The van der Waals surface area contributed by atoms with Crippen molar-refractivity contribution in [1.29, 1.82) is 0 Å². The van der Waals surface area contributed by atoms with Gasteiger partial charge in [0, 0.05) is 6.04 Å². The Kier molecular flexibility index (Phi) is 5.95. The maximum absolute atomic E-state index is 3.72. The van der Waals surface area contributed by atoms with E-state index in [-0.39, 0.29) is 0 Å². The smallest absolute Gasteiger partial charge is 0.0121 e. The van der Waals surface area contributed by atoms with Crippen LogP contribution in [0.4, 0.5) is 0 Å². The van der Waals surface area contributed by atoms with E-state index in [2.05, 4.69) is 40.1 Å². The maximum atomic E-state index is 3.72. The zero-order chi connectivity index (χ0) is 14.7. The van der Waals surface area contributed by atoms with Gasteiger partial charge in [-0.05, 0) is 81.1 Å². The quantitative estimate of drug-likeness (QED) is 0.754. The Balaban J connectivity index is 1.89. The van der Waals surface area contributed by atoms with E-state index in [0.717, 1.165) is 41.5 Å². The molecule has 1 N–H and O–H groups in total. The molecule has 0 amide bonds. The molecule has 0 aromatic rings. The van der Waals surface area contributed by atoms with Gasteiger partial charge >= 0.3 is 0 Å². The van der Waals surface area contributed by atoms with Gasteiger partial charge in [0.1, 0.15) is 0 Å². The molecular formula is C19H37N. The molecular weight excluding hydrogens is 242 g/mol. The Labute approximate surface area is 127 Å². The molecule has 2 saturated carbocycles. The van der Waals surface area contributed by atoms with E-state index < -0.39 is 0 Å². The van der Waals surface area contributed by atoms with Crippen molar-refractivity contribution in [1.82, 2.24) is 5.32 Å². The predicted octanol–water partition coefficient (Wildman–Crippen LogP) is 5.11. The highest BCUT2D eigenvalue weighted by molar-refractivity contribution is 4.89. The summed E-state index contributed by atoms with van der Waals surface area (Å²) >= 11 is 0. The van der Waals surface area contributed by atoms with E-state index in [1.165, 1.54) is 44.9 Å². The molecule has 0 aromatic heterocycles. The summed E-state index contributed by atoms with van der Waals surface area (Å²) in [7, 11) is 2.21. The summed E-state index contributed by atoms with van der Waals surface area (Å²) in [5, 5.41) is 3.72. The lowest BCUT2D eigenvalue weighted by molar-refractivity contribution is 0.111. The average Bonchev–Trinajstić information content (AvgIpc) is 2.44. The largest absolute Gasteiger partial charge is 0.316 e. The molecule has 0 saturated heterocycles. The molecule has 0 spiro atoms. The van der Waals surface area contributed by atoms with Gasteiger partial charge in [-0.3, -0.25) is 0 Å². The van der Waals surface area contributed by atoms with E-state index in [4.69, 9.17) is 0 Å². The molecule has 2 aliphatic rings. The molecule has 0 bridgehead atoms. The predicted molar refractivity (Wildman–Crippen MR) is 88.8 cm³/mol. The van der Waals surface area contributed by atoms with E-state index in [0.29, 0.717) is 0 Å². The highest BCUT2D eigenvalue weighted by atomic mass is 14.9. The zero-order valence-electron chi connectivity index (χ0n) is 14.5. The van der Waals surface area contributed by atoms with Crippen LogP contribution in [0, 0.1) is 35.5 Å². The molecule has 20 heavy (non-hydrogen) atoms. The summed E-state index contributed by atoms with van der Waals surface area (Å²) in [5.74, 6) is 5.64. The fourth-order valence-corrected chi connectivity index (χ4v) is 4.94. The Morgan fingerprint density at radius 2 is 1.30 bits per heavy atom. The SMILES string of the molecule is CNC(C1CCC(C(C)C)CC1)C1CCC(C)C(C)C1. The monoisotopic (exact) mass is 279 g/mol. The lowest BCUT2D eigenvalue weighted by Crippen LogP contribution is -2.44. The van der Waals surface area contributed by atoms with E-state index in [1.54, 1.807) is 0 Å². The maximum Gasteiger partial charge on any atom is 0.0121 e. The van der Waals surface area contributed by atoms with Gasteiger partial charge in [-0.1, -0.05) is 34.1 Å². The zero-order valence-corrected chi connectivity index (χ0v) is 14.5. The third-order valence-electron chi connectivity index (χ3n) is 6.75. The van der Waals surface area contributed by atoms with Crippen molar-refractivity contribution in [2.75, 3.05) is 7.05 Å². The first-order valence-corrected chi connectivity index (χ1v) is 9.20. The number of rotatable bonds is 4. The highest BCUT2D eigenvalue weighted by Gasteiger charge is 2.35. The molecule has 118 valence electrons. The van der Waals surface area contributed by atoms with Crippen molar-refractivity contribution < 1.29 is 0 Å². The first-order chi connectivity index (χ1) is 9.52. The van der Waals surface area contributed by atoms with Crippen LogP contribution in [-0.4, -0.2) is 13.1 Å². The van der Waals surface area contributed by atoms with Crippen LogP contribution < -0.4 is 5.32 Å². The molecule has 2 aliphatic carbocycles. The second-order valence-electron chi connectivity index (χ2n) is 8.26. The molecule has 2 rings (SSSR count). The van der Waals surface area contributed by atoms with Crippen molar-refractivity contribution in [3.63, 3.8) is 0 Å². The lowest BCUT2D eigenvalue weighted by atomic mass is 9.67. The van der Waals surface area contributed by atoms with Gasteiger partial charge in [-0.2, -0.15) is 0 Å². The van der Waals surface area contributed by atoms with Gasteiger partial charge in [0.15, 0.2) is 0 Å². The molecule has 4 atom stereocenters. The van der Waals surface area contributed by atoms with E-state index >= 15 is 0 Å². The third-order valence-corrected chi connectivity index (χ3v) is 6.75. The van der Waals surface area contributed by atoms with Gasteiger partial charge in [-0.15, -0.1) is 0 Å². The van der Waals surface area contributed by atoms with Crippen molar-refractivity contribution in [3.05, 3.63) is 0 Å². The van der Waals surface area contributed by atoms with Crippen LogP contribution in [-0.2, 0) is 0 Å². The van der Waals surface area contributed by atoms with E-state index in [9.17, 15) is 0 Å². The van der Waals surface area contributed by atoms with Crippen LogP contribution in [0.15, 0.2) is 0 Å². The molecule has 1 nitrogen and oxygen atoms in total. The minimum atomic E-state index is 0.790. The Hall–Kier alpha value is -0.0400. The van der Waals surface area contributed by atoms with Crippen LogP contribution in [0.25, 0.3) is 0 Å². The summed E-state index contributed by atoms with van der Waals surface area (Å²) < 4.78 is 0. The molecule has 1 heteroatoms. The second kappa shape index (κ2) is 7.29. The molecule has 0 heterocycles. The molecule has 2 fully saturated rings. The van der Waals surface area contributed by atoms with Gasteiger partial charge < -0.3 is 5.32 Å². The van der Waals surface area contributed by atoms with Crippen molar-refractivity contribution in [2.24, 2.45) is 35.5 Å². The van der Waals surface area contributed by atoms with Crippen LogP contribution >= 0.6 is 0 Å². The summed E-state index contributed by atoms with van der Waals surface area (Å²) in [6.07, 6.45) is 10.2. The summed E-state index contributed by atoms with van der Waals surface area (Å²) in [5.41, 5.74) is 0. The lowest BCUT2D eigenvalue weighted by Gasteiger charge is -2.42. The van der Waals surface area contributed by atoms with Gasteiger partial charge in [0.05, 0.1) is 0 Å². The summed E-state index contributed by atoms with van der Waals surface area (Å²) in [6.45, 7) is 9.73. The van der Waals surface area contributed by atoms with Crippen LogP contribution in [0.1, 0.15) is 72.6 Å². The minimum absolute atomic E-state index is 0.790. The normalized spacial score (nSPS) is 40.8. The van der Waals surface area contributed by atoms with Crippen LogP contribution in [0.5, 0.6) is 0 Å². The fraction of sp³-hybridized carbons (Fsp3) is 1.00. The Morgan fingerprint density at radius 1 is 0.750 bits per heavy atom. The molecule has 0 aromatic carbocycles. The molecule has 0 radical (unpaired) electrons. The summed E-state index contributed by atoms with van der Waals surface area (Å²) in [4.78, 5) is 0. The average molecular weight is 280 g/mol. The summed E-state index contributed by atoms with van der Waals surface area (Å²) in [6, 6.07) is 0.790. The van der Waals surface area contributed by atoms with Gasteiger partial charge in [-0.25, -0.2) is 0 Å². The van der Waals surface area contributed by atoms with Gasteiger partial charge in [0.25, 0.3) is 0 Å². The van der Waals surface area contributed by atoms with Crippen LogP contribution in [0.2, 0.25) is 0 Å². The Morgan fingerprint density at radius 3 is 1.80 bits per heavy atom. The van der Waals surface area contributed by atoms with E-state index in [1.807, 2.05) is 0 Å². The standard InChI is InChI=1S/C19H37N/c1-13(2)16-8-10-17(11-9-16)19(20-5)18-7-6-14(3)15(4)12-18/h13-20H,6-12H2,1-5H3. The topological polar surface area (TPSA) is 12.0 Å². The van der Waals surface area contributed by atoms with Crippen LogP contribution in [0.3, 0.4) is 0 Å². The number of nitrogens with one attached hydrogen (secondary N) is 1. The van der Waals surface area contributed by atoms with Gasteiger partial charge in [0.2, 0.25) is 0 Å². The molecule has 4 unspecified atom stereocenters. The highest BCUT2D eigenvalue weighted by Crippen LogP contribution is 2.41. The Bertz CT molecular complexity index is 277. The first kappa shape index (κ1) is 16.3. The first-order valence-electron chi connectivity index (χ1n) is 9.20. The van der Waals surface area contributed by atoms with Crippen molar-refractivity contribution >= 4 is 0 Å². The second-order valence-corrected chi connectivity index (χ2v) is 8.26. The van der Waals surface area contributed by atoms with Crippen molar-refractivity contribution in [3.8, 4) is 0 Å². The molecule has 0 aliphatic heterocycles. The fourth-order valence-electron chi connectivity index (χ4n) is 4.94. The third kappa shape index (κ3) is 3.78.